The normalized spacial score (nSPS) is 18.4. The Bertz CT molecular complexity index is 1570. The number of aromatic nitrogens is 2. The summed E-state index contributed by atoms with van der Waals surface area (Å²) in [7, 11) is 0. The number of nitrogens with zero attached hydrogens (tertiary/aromatic N) is 2. The molecule has 2 bridgehead atoms. The first-order valence-electron chi connectivity index (χ1n) is 15.4. The summed E-state index contributed by atoms with van der Waals surface area (Å²) in [6.45, 7) is 5.16. The molecular weight excluding hydrogens is 600 g/mol. The van der Waals surface area contributed by atoms with Crippen LogP contribution in [0.25, 0.3) is 11.0 Å². The molecule has 242 valence electrons. The van der Waals surface area contributed by atoms with Crippen LogP contribution < -0.4 is 26.4 Å². The van der Waals surface area contributed by atoms with Crippen molar-refractivity contribution >= 4 is 46.3 Å². The van der Waals surface area contributed by atoms with E-state index < -0.39 is 6.04 Å². The van der Waals surface area contributed by atoms with Gasteiger partial charge in [-0.3, -0.25) is 23.7 Å². The Labute approximate surface area is 266 Å². The fraction of sp³-hybridized carbons (Fsp3) is 0.469. The quantitative estimate of drug-likeness (QED) is 0.336. The summed E-state index contributed by atoms with van der Waals surface area (Å²) in [5, 5.41) is 9.04. The van der Waals surface area contributed by atoms with Crippen molar-refractivity contribution < 1.29 is 23.9 Å². The van der Waals surface area contributed by atoms with E-state index in [0.717, 1.165) is 0 Å². The molecule has 2 atom stereocenters. The van der Waals surface area contributed by atoms with Crippen molar-refractivity contribution in [2.45, 2.75) is 58.5 Å². The molecule has 12 nitrogen and oxygen atoms in total. The maximum absolute atomic E-state index is 13.2. The van der Waals surface area contributed by atoms with Gasteiger partial charge in [0, 0.05) is 44.7 Å². The molecule has 3 aromatic rings. The Kier molecular flexibility index (Phi) is 12.0. The van der Waals surface area contributed by atoms with Gasteiger partial charge in [0.1, 0.15) is 11.8 Å². The number of carbonyl (C=O) groups excluding carboxylic acids is 4. The molecule has 0 unspecified atom stereocenters. The third kappa shape index (κ3) is 9.10. The molecule has 0 radical (unpaired) electrons. The molecule has 1 aliphatic rings. The molecule has 0 aliphatic carbocycles. The van der Waals surface area contributed by atoms with Gasteiger partial charge in [0.05, 0.1) is 16.1 Å². The second-order valence-corrected chi connectivity index (χ2v) is 11.6. The van der Waals surface area contributed by atoms with Crippen LogP contribution in [0.4, 0.5) is 0 Å². The van der Waals surface area contributed by atoms with Crippen molar-refractivity contribution in [3.63, 3.8) is 0 Å². The standard InChI is InChI=1S/C32H41ClN6O6/c1-3-21(2)29-31(43)35-15-8-18-39-25-19-22(12-13-24(25)36-32(39)44)30(42)34-14-7-17-38(16-6-11-27(40)37-29)28(41)20-45-26-10-5-4-9-23(26)33/h4-5,9-10,12-13,19,21,29H,3,6-8,11,14-18,20H2,1-2H3,(H,34,42)(H,35,43)(H,36,44)(H,37,40)/t21-,29-/m0/s1. The zero-order chi connectivity index (χ0) is 32.3. The van der Waals surface area contributed by atoms with E-state index in [0.29, 0.717) is 79.2 Å². The highest BCUT2D eigenvalue weighted by atomic mass is 35.5. The molecule has 13 heteroatoms. The first-order valence-corrected chi connectivity index (χ1v) is 15.8. The molecule has 0 saturated heterocycles. The average Bonchev–Trinajstić information content (AvgIpc) is 3.35. The first kappa shape index (κ1) is 33.6. The summed E-state index contributed by atoms with van der Waals surface area (Å²) in [5.41, 5.74) is 1.29. The van der Waals surface area contributed by atoms with Crippen molar-refractivity contribution in [1.82, 2.24) is 30.4 Å². The molecular formula is C32H41ClN6O6. The number of ether oxygens (including phenoxy) is 1. The second-order valence-electron chi connectivity index (χ2n) is 11.2. The lowest BCUT2D eigenvalue weighted by Gasteiger charge is -2.25. The number of halogens is 1. The summed E-state index contributed by atoms with van der Waals surface area (Å²) in [6.07, 6.45) is 2.11. The third-order valence-corrected chi connectivity index (χ3v) is 8.28. The maximum atomic E-state index is 13.2. The van der Waals surface area contributed by atoms with Gasteiger partial charge in [0.2, 0.25) is 11.8 Å². The number of aryl methyl sites for hydroxylation is 1. The molecule has 4 N–H and O–H groups in total. The summed E-state index contributed by atoms with van der Waals surface area (Å²) < 4.78 is 7.20. The molecule has 1 aromatic heterocycles. The minimum absolute atomic E-state index is 0.102. The van der Waals surface area contributed by atoms with Crippen molar-refractivity contribution in [2.24, 2.45) is 5.92 Å². The smallest absolute Gasteiger partial charge is 0.326 e. The Morgan fingerprint density at radius 1 is 1.00 bits per heavy atom. The van der Waals surface area contributed by atoms with Crippen LogP contribution in [0.15, 0.2) is 47.3 Å². The molecule has 0 spiro atoms. The van der Waals surface area contributed by atoms with Crippen molar-refractivity contribution in [3.05, 3.63) is 63.5 Å². The predicted molar refractivity (Wildman–Crippen MR) is 171 cm³/mol. The van der Waals surface area contributed by atoms with Crippen LogP contribution in [-0.4, -0.2) is 76.9 Å². The Morgan fingerprint density at radius 3 is 2.51 bits per heavy atom. The highest BCUT2D eigenvalue weighted by molar-refractivity contribution is 6.32. The summed E-state index contributed by atoms with van der Waals surface area (Å²) in [6, 6.07) is 11.2. The molecule has 4 amide bonds. The summed E-state index contributed by atoms with van der Waals surface area (Å²) in [4.78, 5) is 69.2. The van der Waals surface area contributed by atoms with Gasteiger partial charge in [0.25, 0.3) is 11.8 Å². The lowest BCUT2D eigenvalue weighted by Crippen LogP contribution is -2.50. The molecule has 2 aromatic carbocycles. The number of hydrogen-bond donors (Lipinski definition) is 4. The van der Waals surface area contributed by atoms with E-state index >= 15 is 0 Å². The first-order chi connectivity index (χ1) is 21.7. The topological polar surface area (TPSA) is 155 Å². The van der Waals surface area contributed by atoms with E-state index in [9.17, 15) is 24.0 Å². The van der Waals surface area contributed by atoms with Crippen LogP contribution in [-0.2, 0) is 20.9 Å². The number of para-hydroxylation sites is 1. The van der Waals surface area contributed by atoms with Crippen LogP contribution in [0.2, 0.25) is 5.02 Å². The van der Waals surface area contributed by atoms with Crippen LogP contribution >= 0.6 is 11.6 Å². The number of carbonyl (C=O) groups is 4. The van der Waals surface area contributed by atoms with E-state index in [-0.39, 0.29) is 54.8 Å². The average molecular weight is 641 g/mol. The Hall–Kier alpha value is -4.32. The number of rotatable bonds is 5. The van der Waals surface area contributed by atoms with Crippen molar-refractivity contribution in [1.29, 1.82) is 0 Å². The van der Waals surface area contributed by atoms with Gasteiger partial charge >= 0.3 is 5.69 Å². The van der Waals surface area contributed by atoms with E-state index in [1.807, 2.05) is 13.8 Å². The number of imidazole rings is 1. The van der Waals surface area contributed by atoms with E-state index in [4.69, 9.17) is 16.3 Å². The number of aromatic amines is 1. The minimum atomic E-state index is -0.714. The van der Waals surface area contributed by atoms with Crippen molar-refractivity contribution in [3.8, 4) is 5.75 Å². The largest absolute Gasteiger partial charge is 0.482 e. The fourth-order valence-electron chi connectivity index (χ4n) is 5.18. The van der Waals surface area contributed by atoms with Crippen LogP contribution in [0.5, 0.6) is 5.75 Å². The SMILES string of the molecule is CC[C@H](C)[C@@H]1NC(=O)CCCN(C(=O)COc2ccccc2Cl)CCCNC(=O)c2ccc3[nH]c(=O)n(c3c2)CCCNC1=O. The maximum Gasteiger partial charge on any atom is 0.326 e. The van der Waals surface area contributed by atoms with E-state index in [1.165, 1.54) is 0 Å². The van der Waals surface area contributed by atoms with Crippen LogP contribution in [0, 0.1) is 5.92 Å². The van der Waals surface area contributed by atoms with Gasteiger partial charge in [0.15, 0.2) is 6.61 Å². The zero-order valence-electron chi connectivity index (χ0n) is 25.7. The third-order valence-electron chi connectivity index (χ3n) is 7.97. The fourth-order valence-corrected chi connectivity index (χ4v) is 5.37. The molecule has 2 heterocycles. The molecule has 1 aliphatic heterocycles. The number of benzene rings is 2. The van der Waals surface area contributed by atoms with Gasteiger partial charge in [-0.1, -0.05) is 44.0 Å². The zero-order valence-corrected chi connectivity index (χ0v) is 26.5. The van der Waals surface area contributed by atoms with Gasteiger partial charge in [-0.15, -0.1) is 0 Å². The second kappa shape index (κ2) is 16.1. The van der Waals surface area contributed by atoms with Gasteiger partial charge in [-0.25, -0.2) is 4.79 Å². The van der Waals surface area contributed by atoms with Crippen LogP contribution in [0.3, 0.4) is 0 Å². The number of hydrogen-bond acceptors (Lipinski definition) is 6. The lowest BCUT2D eigenvalue weighted by molar-refractivity contribution is -0.134. The number of nitrogens with one attached hydrogen (secondary N) is 4. The highest BCUT2D eigenvalue weighted by Gasteiger charge is 2.26. The lowest BCUT2D eigenvalue weighted by atomic mass is 9.98. The molecule has 4 rings (SSSR count). The number of H-pyrrole nitrogens is 1. The summed E-state index contributed by atoms with van der Waals surface area (Å²) >= 11 is 6.17. The van der Waals surface area contributed by atoms with Crippen LogP contribution in [0.1, 0.15) is 56.3 Å². The van der Waals surface area contributed by atoms with E-state index in [1.54, 1.807) is 51.9 Å². The number of amides is 4. The van der Waals surface area contributed by atoms with Crippen molar-refractivity contribution in [2.75, 3.05) is 32.8 Å². The monoisotopic (exact) mass is 640 g/mol. The number of fused-ring (bicyclic) bond motifs is 1. The highest BCUT2D eigenvalue weighted by Crippen LogP contribution is 2.23. The van der Waals surface area contributed by atoms with Gasteiger partial charge in [-0.05, 0) is 55.5 Å². The van der Waals surface area contributed by atoms with Gasteiger partial charge < -0.3 is 30.6 Å². The summed E-state index contributed by atoms with van der Waals surface area (Å²) in [5.74, 6) is -0.871. The molecule has 0 saturated carbocycles. The molecule has 0 fully saturated rings. The van der Waals surface area contributed by atoms with E-state index in [2.05, 4.69) is 20.9 Å². The Balaban J connectivity index is 1.51. The molecule has 45 heavy (non-hydrogen) atoms. The van der Waals surface area contributed by atoms with Gasteiger partial charge in [-0.2, -0.15) is 0 Å². The Morgan fingerprint density at radius 2 is 1.73 bits per heavy atom. The minimum Gasteiger partial charge on any atom is -0.482 e. The predicted octanol–water partition coefficient (Wildman–Crippen LogP) is 2.84.